The van der Waals surface area contributed by atoms with Crippen LogP contribution in [-0.4, -0.2) is 20.1 Å². The van der Waals surface area contributed by atoms with Gasteiger partial charge in [0.15, 0.2) is 9.84 Å². The average molecular weight is 410 g/mol. The molecule has 2 rings (SSSR count). The third-order valence-electron chi connectivity index (χ3n) is 3.63. The van der Waals surface area contributed by atoms with Crippen LogP contribution in [0.3, 0.4) is 0 Å². The molecule has 0 bridgehead atoms. The van der Waals surface area contributed by atoms with E-state index in [1.54, 1.807) is 24.3 Å². The Kier molecular flexibility index (Phi) is 6.18. The van der Waals surface area contributed by atoms with Crippen LogP contribution in [0.25, 0.3) is 0 Å². The highest BCUT2D eigenvalue weighted by atomic mass is 79.9. The van der Waals surface area contributed by atoms with Crippen molar-refractivity contribution >= 4 is 37.4 Å². The molecule has 2 aromatic carbocycles. The van der Waals surface area contributed by atoms with Gasteiger partial charge in [0.05, 0.1) is 10.6 Å². The molecule has 0 aliphatic carbocycles. The number of carbonyl (C=O) groups excluding carboxylic acids is 1. The van der Waals surface area contributed by atoms with Crippen LogP contribution in [0.5, 0.6) is 0 Å². The van der Waals surface area contributed by atoms with E-state index in [0.29, 0.717) is 11.6 Å². The molecule has 24 heavy (non-hydrogen) atoms. The Balaban J connectivity index is 1.96. The number of anilines is 1. The third-order valence-corrected chi connectivity index (χ3v) is 5.89. The molecule has 0 fully saturated rings. The molecule has 0 atom stereocenters. The lowest BCUT2D eigenvalue weighted by Crippen LogP contribution is -2.17. The van der Waals surface area contributed by atoms with Crippen molar-refractivity contribution in [3.8, 4) is 0 Å². The highest BCUT2D eigenvalue weighted by Crippen LogP contribution is 2.19. The van der Waals surface area contributed by atoms with E-state index in [4.69, 9.17) is 0 Å². The number of nitrogens with one attached hydrogen (secondary N) is 1. The molecule has 1 amide bonds. The van der Waals surface area contributed by atoms with Crippen LogP contribution < -0.4 is 5.32 Å². The fourth-order valence-corrected chi connectivity index (χ4v) is 3.67. The molecule has 0 aliphatic rings. The summed E-state index contributed by atoms with van der Waals surface area (Å²) in [7, 11) is -3.47. The lowest BCUT2D eigenvalue weighted by molar-refractivity contribution is -0.115. The summed E-state index contributed by atoms with van der Waals surface area (Å²) in [6, 6.07) is 14.0. The minimum atomic E-state index is -3.47. The Morgan fingerprint density at radius 2 is 1.62 bits per heavy atom. The van der Waals surface area contributed by atoms with Crippen LogP contribution in [0.4, 0.5) is 5.69 Å². The van der Waals surface area contributed by atoms with E-state index < -0.39 is 9.84 Å². The van der Waals surface area contributed by atoms with Crippen LogP contribution in [0.2, 0.25) is 0 Å². The molecule has 4 nitrogen and oxygen atoms in total. The van der Waals surface area contributed by atoms with Crippen LogP contribution >= 0.6 is 15.9 Å². The molecule has 128 valence electrons. The Morgan fingerprint density at radius 1 is 1.04 bits per heavy atom. The second-order valence-corrected chi connectivity index (χ2v) is 8.87. The quantitative estimate of drug-likeness (QED) is 0.769. The summed E-state index contributed by atoms with van der Waals surface area (Å²) >= 11 is 3.32. The molecule has 6 heteroatoms. The average Bonchev–Trinajstić information content (AvgIpc) is 2.55. The van der Waals surface area contributed by atoms with Crippen LogP contribution in [0.15, 0.2) is 57.9 Å². The highest BCUT2D eigenvalue weighted by molar-refractivity contribution is 9.10. The monoisotopic (exact) mass is 409 g/mol. The van der Waals surface area contributed by atoms with Crippen molar-refractivity contribution in [3.63, 3.8) is 0 Å². The summed E-state index contributed by atoms with van der Waals surface area (Å²) in [5.74, 6) is -0.186. The zero-order chi connectivity index (χ0) is 17.7. The SMILES string of the molecule is CC(C)c1ccc(S(=O)(=O)CCC(=O)Nc2ccc(Br)cc2)cc1. The van der Waals surface area contributed by atoms with Gasteiger partial charge in [-0.25, -0.2) is 8.42 Å². The number of amides is 1. The van der Waals surface area contributed by atoms with E-state index in [-0.39, 0.29) is 23.0 Å². The summed E-state index contributed by atoms with van der Waals surface area (Å²) < 4.78 is 25.6. The van der Waals surface area contributed by atoms with E-state index in [0.717, 1.165) is 10.0 Å². The number of carbonyl (C=O) groups is 1. The fraction of sp³-hybridized carbons (Fsp3) is 0.278. The van der Waals surface area contributed by atoms with Crippen molar-refractivity contribution in [2.24, 2.45) is 0 Å². The van der Waals surface area contributed by atoms with Gasteiger partial charge in [-0.15, -0.1) is 0 Å². The molecular weight excluding hydrogens is 390 g/mol. The fourth-order valence-electron chi connectivity index (χ4n) is 2.16. The largest absolute Gasteiger partial charge is 0.326 e. The molecule has 1 N–H and O–H groups in total. The number of halogens is 1. The zero-order valence-corrected chi connectivity index (χ0v) is 16.0. The maximum Gasteiger partial charge on any atom is 0.225 e. The highest BCUT2D eigenvalue weighted by Gasteiger charge is 2.17. The van der Waals surface area contributed by atoms with Gasteiger partial charge < -0.3 is 5.32 Å². The van der Waals surface area contributed by atoms with Crippen molar-refractivity contribution in [1.29, 1.82) is 0 Å². The predicted octanol–water partition coefficient (Wildman–Crippen LogP) is 4.38. The maximum atomic E-state index is 12.3. The van der Waals surface area contributed by atoms with Gasteiger partial charge in [0.25, 0.3) is 0 Å². The molecule has 0 radical (unpaired) electrons. The van der Waals surface area contributed by atoms with Gasteiger partial charge >= 0.3 is 0 Å². The topological polar surface area (TPSA) is 63.2 Å². The minimum absolute atomic E-state index is 0.0790. The summed E-state index contributed by atoms with van der Waals surface area (Å²) in [6.45, 7) is 4.10. The van der Waals surface area contributed by atoms with Gasteiger partial charge in [-0.3, -0.25) is 4.79 Å². The number of rotatable bonds is 6. The first-order chi connectivity index (χ1) is 11.3. The summed E-state index contributed by atoms with van der Waals surface area (Å²) in [6.07, 6.45) is -0.0790. The number of hydrogen-bond acceptors (Lipinski definition) is 3. The first-order valence-corrected chi connectivity index (χ1v) is 10.1. The van der Waals surface area contributed by atoms with Crippen molar-refractivity contribution in [2.45, 2.75) is 31.1 Å². The molecule has 0 spiro atoms. The smallest absolute Gasteiger partial charge is 0.225 e. The molecule has 0 heterocycles. The lowest BCUT2D eigenvalue weighted by atomic mass is 10.0. The molecule has 0 saturated heterocycles. The minimum Gasteiger partial charge on any atom is -0.326 e. The summed E-state index contributed by atoms with van der Waals surface area (Å²) in [5.41, 5.74) is 1.73. The van der Waals surface area contributed by atoms with Crippen LogP contribution in [-0.2, 0) is 14.6 Å². The Morgan fingerprint density at radius 3 is 2.17 bits per heavy atom. The van der Waals surface area contributed by atoms with Gasteiger partial charge in [0, 0.05) is 16.6 Å². The van der Waals surface area contributed by atoms with E-state index in [9.17, 15) is 13.2 Å². The van der Waals surface area contributed by atoms with Crippen molar-refractivity contribution in [2.75, 3.05) is 11.1 Å². The van der Waals surface area contributed by atoms with E-state index in [2.05, 4.69) is 35.1 Å². The van der Waals surface area contributed by atoms with Gasteiger partial charge in [-0.2, -0.15) is 0 Å². The number of benzene rings is 2. The first-order valence-electron chi connectivity index (χ1n) is 7.66. The zero-order valence-electron chi connectivity index (χ0n) is 13.6. The Bertz CT molecular complexity index is 797. The number of hydrogen-bond donors (Lipinski definition) is 1. The molecule has 2 aromatic rings. The van der Waals surface area contributed by atoms with Crippen molar-refractivity contribution < 1.29 is 13.2 Å². The third kappa shape index (κ3) is 5.18. The maximum absolute atomic E-state index is 12.3. The van der Waals surface area contributed by atoms with Crippen LogP contribution in [0, 0.1) is 0 Å². The first kappa shape index (κ1) is 18.7. The van der Waals surface area contributed by atoms with Crippen molar-refractivity contribution in [1.82, 2.24) is 0 Å². The van der Waals surface area contributed by atoms with Crippen molar-refractivity contribution in [3.05, 3.63) is 58.6 Å². The standard InChI is InChI=1S/C18H20BrNO3S/c1-13(2)14-3-9-17(10-4-14)24(22,23)12-11-18(21)20-16-7-5-15(19)6-8-16/h3-10,13H,11-12H2,1-2H3,(H,20,21). The Labute approximate surface area is 151 Å². The van der Waals surface area contributed by atoms with Gasteiger partial charge in [0.1, 0.15) is 0 Å². The normalized spacial score (nSPS) is 11.5. The second kappa shape index (κ2) is 7.94. The summed E-state index contributed by atoms with van der Waals surface area (Å²) in [5, 5.41) is 2.69. The molecule has 0 aromatic heterocycles. The molecular formula is C18H20BrNO3S. The van der Waals surface area contributed by atoms with E-state index in [1.807, 2.05) is 24.3 Å². The Hall–Kier alpha value is -1.66. The second-order valence-electron chi connectivity index (χ2n) is 5.85. The van der Waals surface area contributed by atoms with Gasteiger partial charge in [0.2, 0.25) is 5.91 Å². The lowest BCUT2D eigenvalue weighted by Gasteiger charge is -2.08. The van der Waals surface area contributed by atoms with Gasteiger partial charge in [-0.1, -0.05) is 41.9 Å². The number of sulfone groups is 1. The molecule has 0 aliphatic heterocycles. The van der Waals surface area contributed by atoms with E-state index in [1.165, 1.54) is 0 Å². The van der Waals surface area contributed by atoms with E-state index >= 15 is 0 Å². The molecule has 0 saturated carbocycles. The predicted molar refractivity (Wildman–Crippen MR) is 100.0 cm³/mol. The van der Waals surface area contributed by atoms with Gasteiger partial charge in [-0.05, 0) is 47.9 Å². The summed E-state index contributed by atoms with van der Waals surface area (Å²) in [4.78, 5) is 12.2. The molecule has 0 unspecified atom stereocenters. The van der Waals surface area contributed by atoms with Crippen LogP contribution in [0.1, 0.15) is 31.7 Å².